The Morgan fingerprint density at radius 2 is 1.88 bits per heavy atom. The van der Waals surface area contributed by atoms with Crippen LogP contribution in [-0.4, -0.2) is 50.3 Å². The fourth-order valence-corrected chi connectivity index (χ4v) is 3.21. The predicted molar refractivity (Wildman–Crippen MR) is 71.3 cm³/mol. The molecule has 1 saturated carbocycles. The van der Waals surface area contributed by atoms with Crippen molar-refractivity contribution in [2.24, 2.45) is 0 Å². The van der Waals surface area contributed by atoms with E-state index in [9.17, 15) is 0 Å². The predicted octanol–water partition coefficient (Wildman–Crippen LogP) is 2.02. The fraction of sp³-hybridized carbons (Fsp3) is 1.00. The first kappa shape index (κ1) is 13.3. The van der Waals surface area contributed by atoms with Gasteiger partial charge in [0.1, 0.15) is 0 Å². The van der Waals surface area contributed by atoms with Crippen molar-refractivity contribution in [1.29, 1.82) is 0 Å². The normalized spacial score (nSPS) is 30.9. The third-order valence-corrected chi connectivity index (χ3v) is 4.26. The van der Waals surface area contributed by atoms with Crippen LogP contribution in [-0.2, 0) is 4.74 Å². The lowest BCUT2D eigenvalue weighted by molar-refractivity contribution is 0.0417. The molecule has 100 valence electrons. The molecule has 1 aliphatic carbocycles. The van der Waals surface area contributed by atoms with Gasteiger partial charge < -0.3 is 15.0 Å². The van der Waals surface area contributed by atoms with Crippen LogP contribution in [0.2, 0.25) is 0 Å². The van der Waals surface area contributed by atoms with E-state index in [1.165, 1.54) is 64.6 Å². The Morgan fingerprint density at radius 3 is 2.65 bits per heavy atom. The lowest BCUT2D eigenvalue weighted by atomic mass is 9.92. The SMILES string of the molecule is COC1CCCCC1NCCCN1CCCC1. The van der Waals surface area contributed by atoms with E-state index >= 15 is 0 Å². The highest BCUT2D eigenvalue weighted by molar-refractivity contribution is 4.81. The minimum absolute atomic E-state index is 0.454. The highest BCUT2D eigenvalue weighted by atomic mass is 16.5. The van der Waals surface area contributed by atoms with Gasteiger partial charge in [-0.15, -0.1) is 0 Å². The molecule has 3 nitrogen and oxygen atoms in total. The molecule has 1 saturated heterocycles. The average molecular weight is 240 g/mol. The molecule has 0 radical (unpaired) electrons. The van der Waals surface area contributed by atoms with Crippen molar-refractivity contribution in [2.75, 3.05) is 33.3 Å². The molecule has 2 fully saturated rings. The molecule has 0 aromatic carbocycles. The largest absolute Gasteiger partial charge is 0.380 e. The zero-order valence-corrected chi connectivity index (χ0v) is 11.3. The molecule has 0 aromatic rings. The first-order valence-electron chi connectivity index (χ1n) is 7.38. The molecule has 0 aromatic heterocycles. The third kappa shape index (κ3) is 4.23. The molecule has 0 bridgehead atoms. The molecule has 1 N–H and O–H groups in total. The summed E-state index contributed by atoms with van der Waals surface area (Å²) in [4.78, 5) is 2.59. The van der Waals surface area contributed by atoms with Gasteiger partial charge >= 0.3 is 0 Å². The Hall–Kier alpha value is -0.120. The Bertz CT molecular complexity index is 204. The van der Waals surface area contributed by atoms with Crippen molar-refractivity contribution in [3.8, 4) is 0 Å². The number of likely N-dealkylation sites (tertiary alicyclic amines) is 1. The number of rotatable bonds is 6. The van der Waals surface area contributed by atoms with E-state index in [-0.39, 0.29) is 0 Å². The molecular weight excluding hydrogens is 212 g/mol. The van der Waals surface area contributed by atoms with Crippen molar-refractivity contribution < 1.29 is 4.74 Å². The number of hydrogen-bond donors (Lipinski definition) is 1. The van der Waals surface area contributed by atoms with Crippen LogP contribution in [0.1, 0.15) is 44.9 Å². The van der Waals surface area contributed by atoms with Gasteiger partial charge in [0.15, 0.2) is 0 Å². The maximum Gasteiger partial charge on any atom is 0.0724 e. The lowest BCUT2D eigenvalue weighted by Gasteiger charge is -2.31. The van der Waals surface area contributed by atoms with E-state index in [1.807, 2.05) is 7.11 Å². The third-order valence-electron chi connectivity index (χ3n) is 4.26. The van der Waals surface area contributed by atoms with Gasteiger partial charge in [0.2, 0.25) is 0 Å². The quantitative estimate of drug-likeness (QED) is 0.719. The summed E-state index contributed by atoms with van der Waals surface area (Å²) < 4.78 is 5.56. The molecule has 2 unspecified atom stereocenters. The second kappa shape index (κ2) is 7.34. The number of ether oxygens (including phenoxy) is 1. The standard InChI is InChI=1S/C14H28N2O/c1-17-14-8-3-2-7-13(14)15-9-6-12-16-10-4-5-11-16/h13-15H,2-12H2,1H3. The van der Waals surface area contributed by atoms with Gasteiger partial charge in [-0.1, -0.05) is 12.8 Å². The Balaban J connectivity index is 1.56. The highest BCUT2D eigenvalue weighted by Gasteiger charge is 2.23. The summed E-state index contributed by atoms with van der Waals surface area (Å²) in [5.41, 5.74) is 0. The van der Waals surface area contributed by atoms with Crippen LogP contribution in [0, 0.1) is 0 Å². The molecule has 1 heterocycles. The molecular formula is C14H28N2O. The van der Waals surface area contributed by atoms with Crippen molar-refractivity contribution in [3.05, 3.63) is 0 Å². The van der Waals surface area contributed by atoms with Gasteiger partial charge in [0.25, 0.3) is 0 Å². The van der Waals surface area contributed by atoms with E-state index in [4.69, 9.17) is 4.74 Å². The molecule has 3 heteroatoms. The first-order chi connectivity index (χ1) is 8.40. The molecule has 2 rings (SSSR count). The molecule has 2 aliphatic rings. The maximum atomic E-state index is 5.56. The lowest BCUT2D eigenvalue weighted by Crippen LogP contribution is -2.43. The Morgan fingerprint density at radius 1 is 1.12 bits per heavy atom. The molecule has 0 amide bonds. The van der Waals surface area contributed by atoms with Crippen molar-refractivity contribution in [3.63, 3.8) is 0 Å². The van der Waals surface area contributed by atoms with E-state index < -0.39 is 0 Å². The van der Waals surface area contributed by atoms with E-state index in [0.717, 1.165) is 6.54 Å². The average Bonchev–Trinajstić information content (AvgIpc) is 2.88. The molecule has 0 spiro atoms. The van der Waals surface area contributed by atoms with Gasteiger partial charge in [0, 0.05) is 13.2 Å². The van der Waals surface area contributed by atoms with Crippen LogP contribution in [0.15, 0.2) is 0 Å². The van der Waals surface area contributed by atoms with Crippen LogP contribution in [0.3, 0.4) is 0 Å². The number of methoxy groups -OCH3 is 1. The number of hydrogen-bond acceptors (Lipinski definition) is 3. The topological polar surface area (TPSA) is 24.5 Å². The second-order valence-corrected chi connectivity index (χ2v) is 5.52. The van der Waals surface area contributed by atoms with E-state index in [2.05, 4.69) is 10.2 Å². The minimum atomic E-state index is 0.454. The summed E-state index contributed by atoms with van der Waals surface area (Å²) >= 11 is 0. The summed E-state index contributed by atoms with van der Waals surface area (Å²) in [5.74, 6) is 0. The molecule has 17 heavy (non-hydrogen) atoms. The summed E-state index contributed by atoms with van der Waals surface area (Å²) in [6, 6.07) is 0.604. The van der Waals surface area contributed by atoms with Crippen molar-refractivity contribution >= 4 is 0 Å². The van der Waals surface area contributed by atoms with Crippen LogP contribution < -0.4 is 5.32 Å². The highest BCUT2D eigenvalue weighted by Crippen LogP contribution is 2.20. The van der Waals surface area contributed by atoms with E-state index in [0.29, 0.717) is 12.1 Å². The Kier molecular flexibility index (Phi) is 5.75. The van der Waals surface area contributed by atoms with Crippen molar-refractivity contribution in [1.82, 2.24) is 10.2 Å². The van der Waals surface area contributed by atoms with E-state index in [1.54, 1.807) is 0 Å². The van der Waals surface area contributed by atoms with Gasteiger partial charge in [-0.25, -0.2) is 0 Å². The van der Waals surface area contributed by atoms with Gasteiger partial charge in [-0.2, -0.15) is 0 Å². The summed E-state index contributed by atoms with van der Waals surface area (Å²) in [6.07, 6.45) is 9.78. The van der Waals surface area contributed by atoms with Gasteiger partial charge in [-0.3, -0.25) is 0 Å². The second-order valence-electron chi connectivity index (χ2n) is 5.52. The fourth-order valence-electron chi connectivity index (χ4n) is 3.21. The first-order valence-corrected chi connectivity index (χ1v) is 7.38. The number of nitrogens with zero attached hydrogens (tertiary/aromatic N) is 1. The minimum Gasteiger partial charge on any atom is -0.380 e. The number of nitrogens with one attached hydrogen (secondary N) is 1. The monoisotopic (exact) mass is 240 g/mol. The molecule has 2 atom stereocenters. The van der Waals surface area contributed by atoms with Crippen LogP contribution >= 0.6 is 0 Å². The Labute approximate surface area is 106 Å². The van der Waals surface area contributed by atoms with Gasteiger partial charge in [0.05, 0.1) is 6.10 Å². The summed E-state index contributed by atoms with van der Waals surface area (Å²) in [5, 5.41) is 3.69. The van der Waals surface area contributed by atoms with Crippen LogP contribution in [0.4, 0.5) is 0 Å². The summed E-state index contributed by atoms with van der Waals surface area (Å²) in [7, 11) is 1.86. The van der Waals surface area contributed by atoms with Crippen LogP contribution in [0.5, 0.6) is 0 Å². The van der Waals surface area contributed by atoms with Gasteiger partial charge in [-0.05, 0) is 58.3 Å². The van der Waals surface area contributed by atoms with Crippen LogP contribution in [0.25, 0.3) is 0 Å². The molecule has 1 aliphatic heterocycles. The zero-order valence-electron chi connectivity index (χ0n) is 11.3. The maximum absolute atomic E-state index is 5.56. The summed E-state index contributed by atoms with van der Waals surface area (Å²) in [6.45, 7) is 5.08. The zero-order chi connectivity index (χ0) is 11.9. The smallest absolute Gasteiger partial charge is 0.0724 e. The van der Waals surface area contributed by atoms with Crippen molar-refractivity contribution in [2.45, 2.75) is 57.1 Å².